The number of hydrogen-bond acceptors (Lipinski definition) is 3. The van der Waals surface area contributed by atoms with Gasteiger partial charge in [0.15, 0.2) is 0 Å². The van der Waals surface area contributed by atoms with Crippen LogP contribution in [0.1, 0.15) is 35.5 Å². The normalized spacial score (nSPS) is 13.4. The van der Waals surface area contributed by atoms with Crippen LogP contribution in [0.4, 0.5) is 13.2 Å². The second-order valence-corrected chi connectivity index (χ2v) is 4.43. The number of hydrogen-bond donors (Lipinski definition) is 2. The zero-order valence-electron chi connectivity index (χ0n) is 11.1. The molecule has 20 heavy (non-hydrogen) atoms. The molecule has 0 saturated heterocycles. The van der Waals surface area contributed by atoms with Gasteiger partial charge in [-0.15, -0.1) is 0 Å². The molecule has 1 heterocycles. The van der Waals surface area contributed by atoms with E-state index in [1.54, 1.807) is 6.92 Å². The summed E-state index contributed by atoms with van der Waals surface area (Å²) in [7, 11) is 0. The van der Waals surface area contributed by atoms with Crippen molar-refractivity contribution in [1.82, 2.24) is 20.5 Å². The van der Waals surface area contributed by atoms with E-state index in [2.05, 4.69) is 20.5 Å². The maximum Gasteiger partial charge on any atom is 0.416 e. The molecule has 0 aliphatic heterocycles. The van der Waals surface area contributed by atoms with Crippen LogP contribution >= 0.6 is 0 Å². The van der Waals surface area contributed by atoms with Crippen LogP contribution in [-0.2, 0) is 6.18 Å². The molecule has 0 radical (unpaired) electrons. The summed E-state index contributed by atoms with van der Waals surface area (Å²) in [6.07, 6.45) is -2.96. The Bertz CT molecular complexity index is 563. The van der Waals surface area contributed by atoms with E-state index in [4.69, 9.17) is 0 Å². The van der Waals surface area contributed by atoms with E-state index in [0.29, 0.717) is 17.9 Å². The molecule has 0 saturated carbocycles. The van der Waals surface area contributed by atoms with E-state index in [9.17, 15) is 13.2 Å². The third-order valence-electron chi connectivity index (χ3n) is 3.02. The maximum absolute atomic E-state index is 12.7. The van der Waals surface area contributed by atoms with Gasteiger partial charge in [-0.2, -0.15) is 18.3 Å². The fourth-order valence-electron chi connectivity index (χ4n) is 2.09. The van der Waals surface area contributed by atoms with Gasteiger partial charge in [0.25, 0.3) is 0 Å². The minimum Gasteiger partial charge on any atom is -0.304 e. The molecule has 2 aromatic rings. The lowest BCUT2D eigenvalue weighted by atomic mass is 9.98. The van der Waals surface area contributed by atoms with Crippen molar-refractivity contribution in [2.24, 2.45) is 0 Å². The molecular weight excluding hydrogens is 269 g/mol. The van der Waals surface area contributed by atoms with Gasteiger partial charge in [0, 0.05) is 0 Å². The number of aromatic amines is 1. The highest BCUT2D eigenvalue weighted by atomic mass is 19.4. The number of aryl methyl sites for hydroxylation is 1. The lowest BCUT2D eigenvalue weighted by molar-refractivity contribution is -0.137. The summed E-state index contributed by atoms with van der Waals surface area (Å²) in [5, 5.41) is 9.71. The molecule has 0 amide bonds. The SMILES string of the molecule is CCNC(c1ncn[nH]1)c1ccc(C(F)(F)F)cc1C. The summed E-state index contributed by atoms with van der Waals surface area (Å²) in [6.45, 7) is 4.24. The number of nitrogens with zero attached hydrogens (tertiary/aromatic N) is 2. The number of rotatable bonds is 4. The highest BCUT2D eigenvalue weighted by Crippen LogP contribution is 2.32. The van der Waals surface area contributed by atoms with Gasteiger partial charge in [-0.1, -0.05) is 13.0 Å². The highest BCUT2D eigenvalue weighted by Gasteiger charge is 2.31. The van der Waals surface area contributed by atoms with E-state index >= 15 is 0 Å². The zero-order valence-corrected chi connectivity index (χ0v) is 11.1. The molecule has 4 nitrogen and oxygen atoms in total. The Hall–Kier alpha value is -1.89. The van der Waals surface area contributed by atoms with E-state index in [1.807, 2.05) is 6.92 Å². The quantitative estimate of drug-likeness (QED) is 0.907. The van der Waals surface area contributed by atoms with Gasteiger partial charge in [-0.05, 0) is 36.7 Å². The van der Waals surface area contributed by atoms with Crippen molar-refractivity contribution in [2.75, 3.05) is 6.54 Å². The Morgan fingerprint density at radius 2 is 2.10 bits per heavy atom. The average molecular weight is 284 g/mol. The first-order valence-electron chi connectivity index (χ1n) is 6.20. The molecule has 1 aromatic carbocycles. The van der Waals surface area contributed by atoms with E-state index in [0.717, 1.165) is 17.7 Å². The minimum absolute atomic E-state index is 0.301. The third kappa shape index (κ3) is 2.98. The van der Waals surface area contributed by atoms with Crippen molar-refractivity contribution >= 4 is 0 Å². The smallest absolute Gasteiger partial charge is 0.304 e. The summed E-state index contributed by atoms with van der Waals surface area (Å²) >= 11 is 0. The number of nitrogens with one attached hydrogen (secondary N) is 2. The number of benzene rings is 1. The molecule has 0 bridgehead atoms. The van der Waals surface area contributed by atoms with Gasteiger partial charge >= 0.3 is 6.18 Å². The van der Waals surface area contributed by atoms with Crippen molar-refractivity contribution < 1.29 is 13.2 Å². The lowest BCUT2D eigenvalue weighted by Crippen LogP contribution is -2.24. The molecule has 7 heteroatoms. The molecule has 2 rings (SSSR count). The van der Waals surface area contributed by atoms with Crippen molar-refractivity contribution in [3.63, 3.8) is 0 Å². The van der Waals surface area contributed by atoms with Gasteiger partial charge < -0.3 is 5.32 Å². The molecule has 0 spiro atoms. The first kappa shape index (κ1) is 14.5. The summed E-state index contributed by atoms with van der Waals surface area (Å²) in [6, 6.07) is 3.41. The summed E-state index contributed by atoms with van der Waals surface area (Å²) in [5.41, 5.74) is 0.658. The van der Waals surface area contributed by atoms with Gasteiger partial charge in [0.1, 0.15) is 12.2 Å². The van der Waals surface area contributed by atoms with Crippen LogP contribution in [0, 0.1) is 6.92 Å². The van der Waals surface area contributed by atoms with Crippen LogP contribution in [0.25, 0.3) is 0 Å². The molecule has 2 N–H and O–H groups in total. The Morgan fingerprint density at radius 3 is 2.60 bits per heavy atom. The van der Waals surface area contributed by atoms with Gasteiger partial charge in [-0.25, -0.2) is 4.98 Å². The Labute approximate surface area is 114 Å². The van der Waals surface area contributed by atoms with Crippen LogP contribution in [0.15, 0.2) is 24.5 Å². The fraction of sp³-hybridized carbons (Fsp3) is 0.385. The molecule has 1 unspecified atom stereocenters. The maximum atomic E-state index is 12.7. The predicted octanol–water partition coefficient (Wildman–Crippen LogP) is 2.83. The molecule has 1 aromatic heterocycles. The van der Waals surface area contributed by atoms with Crippen LogP contribution in [0.2, 0.25) is 0 Å². The van der Waals surface area contributed by atoms with Crippen LogP contribution in [-0.4, -0.2) is 21.7 Å². The first-order valence-corrected chi connectivity index (χ1v) is 6.20. The number of halogens is 3. The largest absolute Gasteiger partial charge is 0.416 e. The van der Waals surface area contributed by atoms with Crippen molar-refractivity contribution in [3.05, 3.63) is 47.0 Å². The topological polar surface area (TPSA) is 53.6 Å². The molecule has 0 aliphatic carbocycles. The Morgan fingerprint density at radius 1 is 1.35 bits per heavy atom. The van der Waals surface area contributed by atoms with Crippen LogP contribution in [0.3, 0.4) is 0 Å². The number of H-pyrrole nitrogens is 1. The first-order chi connectivity index (χ1) is 9.43. The third-order valence-corrected chi connectivity index (χ3v) is 3.02. The van der Waals surface area contributed by atoms with E-state index in [1.165, 1.54) is 12.4 Å². The lowest BCUT2D eigenvalue weighted by Gasteiger charge is -2.19. The number of aromatic nitrogens is 3. The Kier molecular flexibility index (Phi) is 4.08. The summed E-state index contributed by atoms with van der Waals surface area (Å²) < 4.78 is 38.0. The van der Waals surface area contributed by atoms with Crippen molar-refractivity contribution in [3.8, 4) is 0 Å². The van der Waals surface area contributed by atoms with Gasteiger partial charge in [0.2, 0.25) is 0 Å². The average Bonchev–Trinajstić information content (AvgIpc) is 2.89. The molecule has 1 atom stereocenters. The van der Waals surface area contributed by atoms with E-state index in [-0.39, 0.29) is 6.04 Å². The van der Waals surface area contributed by atoms with Crippen molar-refractivity contribution in [1.29, 1.82) is 0 Å². The standard InChI is InChI=1S/C13H15F3N4/c1-3-17-11(12-18-7-19-20-12)10-5-4-9(6-8(10)2)13(14,15)16/h4-7,11,17H,3H2,1-2H3,(H,18,19,20). The van der Waals surface area contributed by atoms with E-state index < -0.39 is 11.7 Å². The monoisotopic (exact) mass is 284 g/mol. The molecule has 0 fully saturated rings. The number of alkyl halides is 3. The van der Waals surface area contributed by atoms with Crippen molar-refractivity contribution in [2.45, 2.75) is 26.1 Å². The zero-order chi connectivity index (χ0) is 14.8. The fourth-order valence-corrected chi connectivity index (χ4v) is 2.09. The second kappa shape index (κ2) is 5.62. The highest BCUT2D eigenvalue weighted by molar-refractivity contribution is 5.37. The Balaban J connectivity index is 2.40. The van der Waals surface area contributed by atoms with Crippen LogP contribution < -0.4 is 5.32 Å². The minimum atomic E-state index is -4.33. The predicted molar refractivity (Wildman–Crippen MR) is 68.1 cm³/mol. The summed E-state index contributed by atoms with van der Waals surface area (Å²) in [5.74, 6) is 0.578. The molecular formula is C13H15F3N4. The van der Waals surface area contributed by atoms with Crippen LogP contribution in [0.5, 0.6) is 0 Å². The van der Waals surface area contributed by atoms with Gasteiger partial charge in [-0.3, -0.25) is 5.10 Å². The van der Waals surface area contributed by atoms with Gasteiger partial charge in [0.05, 0.1) is 11.6 Å². The second-order valence-electron chi connectivity index (χ2n) is 4.43. The summed E-state index contributed by atoms with van der Waals surface area (Å²) in [4.78, 5) is 4.07. The molecule has 108 valence electrons. The molecule has 0 aliphatic rings.